The number of fused-ring (bicyclic) bond motifs is 1. The molecule has 0 radical (unpaired) electrons. The fourth-order valence-electron chi connectivity index (χ4n) is 4.65. The number of rotatable bonds is 3. The minimum atomic E-state index is -0.250. The molecule has 5 rings (SSSR count). The maximum Gasteiger partial charge on any atom is 0.290 e. The topological polar surface area (TPSA) is 71.7 Å². The highest BCUT2D eigenvalue weighted by molar-refractivity contribution is 5.89. The highest BCUT2D eigenvalue weighted by Crippen LogP contribution is 2.47. The summed E-state index contributed by atoms with van der Waals surface area (Å²) in [5, 5.41) is 18.2. The van der Waals surface area contributed by atoms with Gasteiger partial charge in [-0.15, -0.1) is 0 Å². The average molecular weight is 411 g/mol. The van der Waals surface area contributed by atoms with E-state index in [4.69, 9.17) is 14.6 Å². The minimum absolute atomic E-state index is 0.183. The monoisotopic (exact) mass is 411 g/mol. The number of aryl methyl sites for hydroxylation is 1. The molecule has 6 heteroatoms. The predicted molar refractivity (Wildman–Crippen MR) is 113 cm³/mol. The number of nitrogens with zero attached hydrogens (tertiary/aromatic N) is 1. The fraction of sp³-hybridized carbons (Fsp3) is 0.375. The molecule has 1 unspecified atom stereocenters. The number of carboxylic acid groups (broad SMARTS) is 1. The van der Waals surface area contributed by atoms with Crippen LogP contribution in [-0.4, -0.2) is 34.5 Å². The van der Waals surface area contributed by atoms with E-state index in [0.29, 0.717) is 23.1 Å². The van der Waals surface area contributed by atoms with Crippen LogP contribution in [0.25, 0.3) is 16.6 Å². The fourth-order valence-corrected chi connectivity index (χ4v) is 4.65. The first-order chi connectivity index (χ1) is 14.5. The number of aromatic hydroxyl groups is 1. The molecular weight excluding hydrogens is 385 g/mol. The molecule has 3 aromatic rings. The quantitative estimate of drug-likeness (QED) is 0.577. The summed E-state index contributed by atoms with van der Waals surface area (Å²) < 4.78 is 21.9. The molecule has 1 saturated heterocycles. The van der Waals surface area contributed by atoms with Crippen LogP contribution in [0.1, 0.15) is 54.3 Å². The Morgan fingerprint density at radius 2 is 1.90 bits per heavy atom. The van der Waals surface area contributed by atoms with Gasteiger partial charge in [0.05, 0.1) is 12.1 Å². The van der Waals surface area contributed by atoms with Gasteiger partial charge in [0, 0.05) is 29.3 Å². The zero-order chi connectivity index (χ0) is 21.3. The molecule has 158 valence electrons. The Kier molecular flexibility index (Phi) is 5.77. The van der Waals surface area contributed by atoms with Gasteiger partial charge in [0.1, 0.15) is 11.6 Å². The van der Waals surface area contributed by atoms with Crippen molar-refractivity contribution in [3.05, 3.63) is 59.0 Å². The van der Waals surface area contributed by atoms with Gasteiger partial charge in [0.2, 0.25) is 0 Å². The van der Waals surface area contributed by atoms with Gasteiger partial charge in [-0.2, -0.15) is 0 Å². The summed E-state index contributed by atoms with van der Waals surface area (Å²) in [5.74, 6) is 0.982. The second kappa shape index (κ2) is 8.48. The summed E-state index contributed by atoms with van der Waals surface area (Å²) in [4.78, 5) is 8.36. The molecule has 1 aliphatic carbocycles. The first-order valence-electron chi connectivity index (χ1n) is 10.3. The van der Waals surface area contributed by atoms with E-state index in [2.05, 4.69) is 4.57 Å². The van der Waals surface area contributed by atoms with Crippen molar-refractivity contribution in [2.45, 2.75) is 44.4 Å². The number of benzene rings is 2. The summed E-state index contributed by atoms with van der Waals surface area (Å²) in [6, 6.07) is 11.0. The second-order valence-electron chi connectivity index (χ2n) is 8.06. The molecule has 2 N–H and O–H groups in total. The lowest BCUT2D eigenvalue weighted by molar-refractivity contribution is -0.122. The van der Waals surface area contributed by atoms with Crippen LogP contribution in [0.15, 0.2) is 36.4 Å². The lowest BCUT2D eigenvalue weighted by Gasteiger charge is -2.28. The van der Waals surface area contributed by atoms with Crippen LogP contribution in [0.3, 0.4) is 0 Å². The van der Waals surface area contributed by atoms with Gasteiger partial charge in [0.25, 0.3) is 6.47 Å². The van der Waals surface area contributed by atoms with E-state index in [0.717, 1.165) is 36.2 Å². The van der Waals surface area contributed by atoms with E-state index in [1.54, 1.807) is 12.1 Å². The van der Waals surface area contributed by atoms with Gasteiger partial charge < -0.3 is 19.5 Å². The summed E-state index contributed by atoms with van der Waals surface area (Å²) in [7, 11) is 0. The van der Waals surface area contributed by atoms with E-state index < -0.39 is 0 Å². The molecule has 2 aliphatic rings. The van der Waals surface area contributed by atoms with Crippen molar-refractivity contribution in [1.82, 2.24) is 4.57 Å². The highest BCUT2D eigenvalue weighted by atomic mass is 19.1. The zero-order valence-corrected chi connectivity index (χ0v) is 17.0. The lowest BCUT2D eigenvalue weighted by Crippen LogP contribution is -2.15. The number of carbonyl (C=O) groups is 1. The van der Waals surface area contributed by atoms with Gasteiger partial charge in [-0.05, 0) is 79.6 Å². The molecule has 2 heterocycles. The molecule has 0 bridgehead atoms. The molecule has 1 aromatic heterocycles. The third-order valence-corrected chi connectivity index (χ3v) is 6.26. The van der Waals surface area contributed by atoms with E-state index in [1.807, 2.05) is 31.2 Å². The molecule has 0 amide bonds. The van der Waals surface area contributed by atoms with Crippen molar-refractivity contribution in [1.29, 1.82) is 0 Å². The maximum atomic E-state index is 13.9. The van der Waals surface area contributed by atoms with E-state index in [-0.39, 0.29) is 12.3 Å². The first kappa shape index (κ1) is 20.4. The number of ether oxygens (including phenoxy) is 1. The molecule has 2 aromatic carbocycles. The number of phenols is 1. The van der Waals surface area contributed by atoms with Crippen LogP contribution in [0.4, 0.5) is 4.39 Å². The molecule has 30 heavy (non-hydrogen) atoms. The van der Waals surface area contributed by atoms with Crippen molar-refractivity contribution < 1.29 is 24.1 Å². The Morgan fingerprint density at radius 1 is 1.13 bits per heavy atom. The largest absolute Gasteiger partial charge is 0.508 e. The van der Waals surface area contributed by atoms with E-state index >= 15 is 0 Å². The smallest absolute Gasteiger partial charge is 0.290 e. The standard InChI is InChI=1S/C23H24FNO2.CH2O2/c1-14-11-17(5-7-20(14)24)25-21-8-6-18(26)12-19(21)22(15-3-2-4-15)23(25)16-9-10-27-13-16;2-1-3/h5-8,11-12,15-16,26H,2-4,9-10,13H2,1H3;1H,(H,2,3). The minimum Gasteiger partial charge on any atom is -0.508 e. The number of hydrogen-bond donors (Lipinski definition) is 2. The van der Waals surface area contributed by atoms with Gasteiger partial charge in [-0.25, -0.2) is 4.39 Å². The Bertz CT molecular complexity index is 1060. The number of phenolic OH excluding ortho intramolecular Hbond substituents is 1. The van der Waals surface area contributed by atoms with Crippen molar-refractivity contribution in [3.8, 4) is 11.4 Å². The summed E-state index contributed by atoms with van der Waals surface area (Å²) >= 11 is 0. The van der Waals surface area contributed by atoms with Crippen molar-refractivity contribution in [3.63, 3.8) is 0 Å². The maximum absolute atomic E-state index is 13.9. The summed E-state index contributed by atoms with van der Waals surface area (Å²) in [6.45, 7) is 3.06. The lowest BCUT2D eigenvalue weighted by atomic mass is 9.77. The Hall–Kier alpha value is -2.86. The second-order valence-corrected chi connectivity index (χ2v) is 8.06. The Labute approximate surface area is 174 Å². The molecule has 1 saturated carbocycles. The summed E-state index contributed by atoms with van der Waals surface area (Å²) in [5.41, 5.74) is 5.38. The third kappa shape index (κ3) is 3.56. The molecular formula is C24H26FNO4. The molecule has 1 atom stereocenters. The SMILES string of the molecule is Cc1cc(-n2c(C3CCOC3)c(C3CCC3)c3cc(O)ccc32)ccc1F.O=CO. The van der Waals surface area contributed by atoms with Crippen LogP contribution in [-0.2, 0) is 9.53 Å². The predicted octanol–water partition coefficient (Wildman–Crippen LogP) is 5.26. The van der Waals surface area contributed by atoms with Crippen LogP contribution in [0, 0.1) is 12.7 Å². The van der Waals surface area contributed by atoms with Crippen molar-refractivity contribution >= 4 is 17.4 Å². The van der Waals surface area contributed by atoms with Crippen LogP contribution >= 0.6 is 0 Å². The first-order valence-corrected chi connectivity index (χ1v) is 10.3. The van der Waals surface area contributed by atoms with Crippen molar-refractivity contribution in [2.24, 2.45) is 0 Å². The van der Waals surface area contributed by atoms with Crippen LogP contribution in [0.5, 0.6) is 5.75 Å². The highest BCUT2D eigenvalue weighted by Gasteiger charge is 2.33. The molecule has 0 spiro atoms. The average Bonchev–Trinajstić information content (AvgIpc) is 3.30. The third-order valence-electron chi connectivity index (χ3n) is 6.26. The van der Waals surface area contributed by atoms with E-state index in [1.165, 1.54) is 30.5 Å². The molecule has 2 fully saturated rings. The number of aromatic nitrogens is 1. The summed E-state index contributed by atoms with van der Waals surface area (Å²) in [6.07, 6.45) is 4.64. The van der Waals surface area contributed by atoms with Crippen LogP contribution in [0.2, 0.25) is 0 Å². The Morgan fingerprint density at radius 3 is 2.50 bits per heavy atom. The van der Waals surface area contributed by atoms with Crippen LogP contribution < -0.4 is 0 Å². The normalized spacial score (nSPS) is 18.7. The number of halogens is 1. The van der Waals surface area contributed by atoms with Crippen molar-refractivity contribution in [2.75, 3.05) is 13.2 Å². The van der Waals surface area contributed by atoms with Gasteiger partial charge in [-0.1, -0.05) is 6.42 Å². The molecule has 1 aliphatic heterocycles. The van der Waals surface area contributed by atoms with Gasteiger partial charge in [-0.3, -0.25) is 4.79 Å². The van der Waals surface area contributed by atoms with E-state index in [9.17, 15) is 9.50 Å². The van der Waals surface area contributed by atoms with Gasteiger partial charge >= 0.3 is 0 Å². The Balaban J connectivity index is 0.000000687. The number of hydrogen-bond acceptors (Lipinski definition) is 3. The zero-order valence-electron chi connectivity index (χ0n) is 17.0. The molecule has 5 nitrogen and oxygen atoms in total. The van der Waals surface area contributed by atoms with Gasteiger partial charge in [0.15, 0.2) is 0 Å².